The highest BCUT2D eigenvalue weighted by molar-refractivity contribution is 6.38. The van der Waals surface area contributed by atoms with Gasteiger partial charge in [0.05, 0.1) is 6.61 Å². The molecule has 1 amide bonds. The summed E-state index contributed by atoms with van der Waals surface area (Å²) in [7, 11) is 0. The van der Waals surface area contributed by atoms with Gasteiger partial charge in [-0.1, -0.05) is 0 Å². The van der Waals surface area contributed by atoms with Crippen LogP contribution in [-0.4, -0.2) is 29.2 Å². The second-order valence-corrected chi connectivity index (χ2v) is 2.43. The van der Waals surface area contributed by atoms with Crippen molar-refractivity contribution in [2.24, 2.45) is 5.73 Å². The third-order valence-electron chi connectivity index (χ3n) is 1.58. The molecule has 1 aliphatic rings. The maximum Gasteiger partial charge on any atom is 0.290 e. The summed E-state index contributed by atoms with van der Waals surface area (Å²) in [6.07, 6.45) is 0.713. The molecule has 0 aromatic rings. The predicted molar refractivity (Wildman–Crippen MR) is 34.3 cm³/mol. The number of amides is 1. The van der Waals surface area contributed by atoms with Crippen LogP contribution in [0.15, 0.2) is 0 Å². The van der Waals surface area contributed by atoms with E-state index in [-0.39, 0.29) is 13.0 Å². The summed E-state index contributed by atoms with van der Waals surface area (Å²) in [5.74, 6) is -4.16. The summed E-state index contributed by atoms with van der Waals surface area (Å²) in [5, 5.41) is 9.26. The SMILES string of the molecule is NC(=O)C(=O)C1(O)CCCO1. The summed E-state index contributed by atoms with van der Waals surface area (Å²) in [6, 6.07) is 0. The van der Waals surface area contributed by atoms with Crippen molar-refractivity contribution in [3.8, 4) is 0 Å². The fraction of sp³-hybridized carbons (Fsp3) is 0.667. The van der Waals surface area contributed by atoms with Crippen molar-refractivity contribution in [2.75, 3.05) is 6.61 Å². The van der Waals surface area contributed by atoms with Crippen molar-refractivity contribution in [1.82, 2.24) is 0 Å². The van der Waals surface area contributed by atoms with Crippen LogP contribution < -0.4 is 5.73 Å². The van der Waals surface area contributed by atoms with Crippen molar-refractivity contribution in [3.05, 3.63) is 0 Å². The number of hydrogen-bond donors (Lipinski definition) is 2. The first-order valence-corrected chi connectivity index (χ1v) is 3.27. The van der Waals surface area contributed by atoms with Gasteiger partial charge in [0.1, 0.15) is 0 Å². The number of primary amides is 1. The summed E-state index contributed by atoms with van der Waals surface area (Å²) in [4.78, 5) is 21.1. The van der Waals surface area contributed by atoms with Crippen LogP contribution >= 0.6 is 0 Å². The van der Waals surface area contributed by atoms with Crippen LogP contribution in [0, 0.1) is 0 Å². The number of ether oxygens (including phenoxy) is 1. The van der Waals surface area contributed by atoms with Crippen molar-refractivity contribution in [1.29, 1.82) is 0 Å². The minimum atomic E-state index is -1.94. The number of Topliss-reactive ketones (excluding diaryl/α,β-unsaturated/α-hetero) is 1. The lowest BCUT2D eigenvalue weighted by Gasteiger charge is -2.16. The van der Waals surface area contributed by atoms with Gasteiger partial charge in [-0.15, -0.1) is 0 Å². The molecule has 0 aromatic heterocycles. The molecule has 1 heterocycles. The Morgan fingerprint density at radius 3 is 2.55 bits per heavy atom. The Hall–Kier alpha value is -0.940. The van der Waals surface area contributed by atoms with Crippen molar-refractivity contribution >= 4 is 11.7 Å². The number of carbonyl (C=O) groups is 2. The first kappa shape index (κ1) is 8.16. The summed E-state index contributed by atoms with van der Waals surface area (Å²) >= 11 is 0. The van der Waals surface area contributed by atoms with E-state index in [0.29, 0.717) is 6.42 Å². The lowest BCUT2D eigenvalue weighted by molar-refractivity contribution is -0.187. The van der Waals surface area contributed by atoms with E-state index in [2.05, 4.69) is 10.5 Å². The molecule has 0 radical (unpaired) electrons. The van der Waals surface area contributed by atoms with Gasteiger partial charge in [0.15, 0.2) is 0 Å². The van der Waals surface area contributed by atoms with Gasteiger partial charge >= 0.3 is 0 Å². The Morgan fingerprint density at radius 2 is 2.18 bits per heavy atom. The average Bonchev–Trinajstić information content (AvgIpc) is 2.35. The molecule has 1 atom stereocenters. The number of ketones is 1. The van der Waals surface area contributed by atoms with Crippen molar-refractivity contribution in [3.63, 3.8) is 0 Å². The van der Waals surface area contributed by atoms with E-state index in [9.17, 15) is 14.7 Å². The quantitative estimate of drug-likeness (QED) is 0.482. The Kier molecular flexibility index (Phi) is 1.92. The molecule has 1 unspecified atom stereocenters. The molecule has 0 aliphatic carbocycles. The molecular weight excluding hydrogens is 150 g/mol. The molecule has 1 saturated heterocycles. The van der Waals surface area contributed by atoms with Crippen LogP contribution in [0.1, 0.15) is 12.8 Å². The molecule has 1 rings (SSSR count). The number of carbonyl (C=O) groups excluding carboxylic acids is 2. The number of hydrogen-bond acceptors (Lipinski definition) is 4. The minimum absolute atomic E-state index is 0.148. The fourth-order valence-corrected chi connectivity index (χ4v) is 0.997. The maximum absolute atomic E-state index is 10.8. The van der Waals surface area contributed by atoms with Gasteiger partial charge in [0.2, 0.25) is 5.79 Å². The normalized spacial score (nSPS) is 30.3. The van der Waals surface area contributed by atoms with Crippen LogP contribution in [0.5, 0.6) is 0 Å². The van der Waals surface area contributed by atoms with Crippen LogP contribution in [-0.2, 0) is 14.3 Å². The number of rotatable bonds is 2. The van der Waals surface area contributed by atoms with Crippen LogP contribution in [0.3, 0.4) is 0 Å². The van der Waals surface area contributed by atoms with E-state index >= 15 is 0 Å². The van der Waals surface area contributed by atoms with Gasteiger partial charge in [0, 0.05) is 6.42 Å². The van der Waals surface area contributed by atoms with E-state index in [1.54, 1.807) is 0 Å². The van der Waals surface area contributed by atoms with Crippen LogP contribution in [0.25, 0.3) is 0 Å². The molecule has 5 heteroatoms. The highest BCUT2D eigenvalue weighted by Crippen LogP contribution is 2.22. The topological polar surface area (TPSA) is 89.6 Å². The summed E-state index contributed by atoms with van der Waals surface area (Å²) < 4.78 is 4.67. The van der Waals surface area contributed by atoms with Crippen molar-refractivity contribution < 1.29 is 19.4 Å². The van der Waals surface area contributed by atoms with E-state index in [0.717, 1.165) is 0 Å². The second kappa shape index (κ2) is 2.60. The number of nitrogens with two attached hydrogens (primary N) is 1. The van der Waals surface area contributed by atoms with Gasteiger partial charge in [-0.2, -0.15) is 0 Å². The molecule has 1 aliphatic heterocycles. The Labute approximate surface area is 63.1 Å². The zero-order chi connectivity index (χ0) is 8.48. The highest BCUT2D eigenvalue weighted by atomic mass is 16.6. The molecule has 0 saturated carbocycles. The highest BCUT2D eigenvalue weighted by Gasteiger charge is 2.43. The summed E-state index contributed by atoms with van der Waals surface area (Å²) in [6.45, 7) is 0.287. The Bertz CT molecular complexity index is 195. The van der Waals surface area contributed by atoms with Gasteiger partial charge in [-0.25, -0.2) is 0 Å². The molecule has 3 N–H and O–H groups in total. The molecule has 0 spiro atoms. The van der Waals surface area contributed by atoms with Gasteiger partial charge in [-0.05, 0) is 6.42 Å². The lowest BCUT2D eigenvalue weighted by atomic mass is 10.1. The minimum Gasteiger partial charge on any atom is -0.363 e. The van der Waals surface area contributed by atoms with E-state index in [4.69, 9.17) is 0 Å². The van der Waals surface area contributed by atoms with E-state index in [1.165, 1.54) is 0 Å². The molecule has 11 heavy (non-hydrogen) atoms. The summed E-state index contributed by atoms with van der Waals surface area (Å²) in [5.41, 5.74) is 4.67. The van der Waals surface area contributed by atoms with Gasteiger partial charge in [-0.3, -0.25) is 9.59 Å². The van der Waals surface area contributed by atoms with Crippen LogP contribution in [0.2, 0.25) is 0 Å². The van der Waals surface area contributed by atoms with E-state index in [1.807, 2.05) is 0 Å². The third kappa shape index (κ3) is 1.38. The molecule has 1 fully saturated rings. The molecule has 0 bridgehead atoms. The van der Waals surface area contributed by atoms with Crippen molar-refractivity contribution in [2.45, 2.75) is 18.6 Å². The molecular formula is C6H9NO4. The molecule has 5 nitrogen and oxygen atoms in total. The predicted octanol–water partition coefficient (Wildman–Crippen LogP) is -1.46. The van der Waals surface area contributed by atoms with Gasteiger partial charge in [0.25, 0.3) is 11.7 Å². The zero-order valence-corrected chi connectivity index (χ0v) is 5.87. The number of aliphatic hydroxyl groups is 1. The first-order chi connectivity index (χ1) is 5.06. The monoisotopic (exact) mass is 159 g/mol. The zero-order valence-electron chi connectivity index (χ0n) is 5.87. The fourth-order valence-electron chi connectivity index (χ4n) is 0.997. The van der Waals surface area contributed by atoms with Crippen LogP contribution in [0.4, 0.5) is 0 Å². The smallest absolute Gasteiger partial charge is 0.290 e. The third-order valence-corrected chi connectivity index (χ3v) is 1.58. The maximum atomic E-state index is 10.8. The standard InChI is InChI=1S/C6H9NO4/c7-5(9)4(8)6(10)2-1-3-11-6/h10H,1-3H2,(H2,7,9). The Morgan fingerprint density at radius 1 is 1.55 bits per heavy atom. The van der Waals surface area contributed by atoms with E-state index < -0.39 is 17.5 Å². The second-order valence-electron chi connectivity index (χ2n) is 2.43. The molecule has 62 valence electrons. The average molecular weight is 159 g/mol. The molecule has 0 aromatic carbocycles. The lowest BCUT2D eigenvalue weighted by Crippen LogP contribution is -2.45. The largest absolute Gasteiger partial charge is 0.363 e. The Balaban J connectivity index is 2.71. The van der Waals surface area contributed by atoms with Gasteiger partial charge < -0.3 is 15.6 Å². The first-order valence-electron chi connectivity index (χ1n) is 3.27.